The van der Waals surface area contributed by atoms with E-state index in [-0.39, 0.29) is 16.7 Å². The standard InChI is InChI=1S/C24H20N2O4/c27-21-13-22(24(28)29)30-23-18-12-17(6-7-20(18)25-14-19(21)23)26-10-8-16(9-11-26)15-4-2-1-3-5-15/h1-7,12-14,16H,8-11H2,(H,28,29). The van der Waals surface area contributed by atoms with Gasteiger partial charge in [0, 0.05) is 36.4 Å². The van der Waals surface area contributed by atoms with E-state index in [1.165, 1.54) is 11.8 Å². The summed E-state index contributed by atoms with van der Waals surface area (Å²) in [4.78, 5) is 30.3. The predicted octanol–water partition coefficient (Wildman–Crippen LogP) is 4.42. The summed E-state index contributed by atoms with van der Waals surface area (Å²) < 4.78 is 5.58. The molecule has 1 fully saturated rings. The van der Waals surface area contributed by atoms with Gasteiger partial charge < -0.3 is 14.4 Å². The van der Waals surface area contributed by atoms with Crippen LogP contribution in [0.4, 0.5) is 5.69 Å². The number of fused-ring (bicyclic) bond motifs is 3. The van der Waals surface area contributed by atoms with Gasteiger partial charge in [-0.1, -0.05) is 30.3 Å². The maximum Gasteiger partial charge on any atom is 0.371 e. The highest BCUT2D eigenvalue weighted by molar-refractivity contribution is 6.03. The third-order valence-electron chi connectivity index (χ3n) is 5.88. The Bertz CT molecular complexity index is 1310. The first-order valence-electron chi connectivity index (χ1n) is 10.00. The van der Waals surface area contributed by atoms with E-state index in [2.05, 4.69) is 34.1 Å². The monoisotopic (exact) mass is 400 g/mol. The zero-order valence-corrected chi connectivity index (χ0v) is 16.2. The van der Waals surface area contributed by atoms with Gasteiger partial charge in [0.2, 0.25) is 5.76 Å². The van der Waals surface area contributed by atoms with E-state index in [4.69, 9.17) is 4.42 Å². The molecule has 4 aromatic rings. The average Bonchev–Trinajstić information content (AvgIpc) is 2.79. The summed E-state index contributed by atoms with van der Waals surface area (Å²) in [6.07, 6.45) is 3.57. The molecular formula is C24H20N2O4. The first-order chi connectivity index (χ1) is 14.6. The number of anilines is 1. The maximum absolute atomic E-state index is 12.3. The number of carboxylic acid groups (broad SMARTS) is 1. The Morgan fingerprint density at radius 1 is 1.03 bits per heavy atom. The van der Waals surface area contributed by atoms with Crippen molar-refractivity contribution in [3.8, 4) is 0 Å². The number of hydrogen-bond donors (Lipinski definition) is 1. The van der Waals surface area contributed by atoms with Crippen molar-refractivity contribution in [2.45, 2.75) is 18.8 Å². The molecule has 6 nitrogen and oxygen atoms in total. The predicted molar refractivity (Wildman–Crippen MR) is 115 cm³/mol. The average molecular weight is 400 g/mol. The highest BCUT2D eigenvalue weighted by Crippen LogP contribution is 2.32. The van der Waals surface area contributed by atoms with Crippen LogP contribution in [0.25, 0.3) is 21.9 Å². The van der Waals surface area contributed by atoms with E-state index in [1.807, 2.05) is 24.3 Å². The van der Waals surface area contributed by atoms with Crippen molar-refractivity contribution >= 4 is 33.5 Å². The van der Waals surface area contributed by atoms with Crippen molar-refractivity contribution in [3.05, 3.63) is 82.3 Å². The molecule has 0 aliphatic carbocycles. The Hall–Kier alpha value is -3.67. The van der Waals surface area contributed by atoms with Gasteiger partial charge >= 0.3 is 5.97 Å². The largest absolute Gasteiger partial charge is 0.475 e. The second-order valence-electron chi connectivity index (χ2n) is 7.65. The summed E-state index contributed by atoms with van der Waals surface area (Å²) in [5.41, 5.74) is 2.93. The highest BCUT2D eigenvalue weighted by Gasteiger charge is 2.21. The SMILES string of the molecule is O=C(O)c1cc(=O)c2cnc3ccc(N4CCC(c5ccccc5)CC4)cc3c2o1. The van der Waals surface area contributed by atoms with Gasteiger partial charge in [0.1, 0.15) is 5.58 Å². The summed E-state index contributed by atoms with van der Waals surface area (Å²) in [5, 5.41) is 10.2. The number of hydrogen-bond acceptors (Lipinski definition) is 5. The van der Waals surface area contributed by atoms with Crippen LogP contribution in [-0.2, 0) is 0 Å². The minimum absolute atomic E-state index is 0.269. The molecule has 0 radical (unpaired) electrons. The van der Waals surface area contributed by atoms with E-state index >= 15 is 0 Å². The Balaban J connectivity index is 1.51. The van der Waals surface area contributed by atoms with Crippen LogP contribution in [0.3, 0.4) is 0 Å². The Kier molecular flexibility index (Phi) is 4.47. The minimum atomic E-state index is -1.27. The first kappa shape index (κ1) is 18.4. The van der Waals surface area contributed by atoms with Crippen molar-refractivity contribution in [1.29, 1.82) is 0 Å². The number of carbonyl (C=O) groups is 1. The lowest BCUT2D eigenvalue weighted by Gasteiger charge is -2.34. The maximum atomic E-state index is 12.3. The molecule has 150 valence electrons. The molecule has 1 saturated heterocycles. The van der Waals surface area contributed by atoms with E-state index in [1.54, 1.807) is 0 Å². The quantitative estimate of drug-likeness (QED) is 0.513. The van der Waals surface area contributed by atoms with Gasteiger partial charge in [0.25, 0.3) is 0 Å². The highest BCUT2D eigenvalue weighted by atomic mass is 16.4. The summed E-state index contributed by atoms with van der Waals surface area (Å²) in [6, 6.07) is 17.4. The first-order valence-corrected chi connectivity index (χ1v) is 10.00. The second kappa shape index (κ2) is 7.30. The number of carboxylic acids is 1. The van der Waals surface area contributed by atoms with Crippen molar-refractivity contribution in [3.63, 3.8) is 0 Å². The number of benzene rings is 2. The molecule has 30 heavy (non-hydrogen) atoms. The van der Waals surface area contributed by atoms with Crippen LogP contribution in [-0.4, -0.2) is 29.1 Å². The molecule has 1 aliphatic heterocycles. The van der Waals surface area contributed by atoms with Crippen LogP contribution in [0.5, 0.6) is 0 Å². The molecule has 1 N–H and O–H groups in total. The number of aromatic carboxylic acids is 1. The zero-order valence-electron chi connectivity index (χ0n) is 16.2. The van der Waals surface area contributed by atoms with Gasteiger partial charge in [0.15, 0.2) is 5.43 Å². The van der Waals surface area contributed by atoms with Crippen LogP contribution in [0.2, 0.25) is 0 Å². The normalized spacial score (nSPS) is 15.0. The number of rotatable bonds is 3. The van der Waals surface area contributed by atoms with Crippen LogP contribution in [0.1, 0.15) is 34.9 Å². The molecular weight excluding hydrogens is 380 g/mol. The Morgan fingerprint density at radius 2 is 1.80 bits per heavy atom. The van der Waals surface area contributed by atoms with Gasteiger partial charge in [-0.25, -0.2) is 4.79 Å². The van der Waals surface area contributed by atoms with Crippen molar-refractivity contribution < 1.29 is 14.3 Å². The van der Waals surface area contributed by atoms with Gasteiger partial charge in [-0.3, -0.25) is 9.78 Å². The zero-order chi connectivity index (χ0) is 20.7. The molecule has 2 aromatic carbocycles. The summed E-state index contributed by atoms with van der Waals surface area (Å²) in [7, 11) is 0. The third kappa shape index (κ3) is 3.20. The molecule has 1 aliphatic rings. The number of piperidine rings is 1. The summed E-state index contributed by atoms with van der Waals surface area (Å²) in [6.45, 7) is 1.85. The summed E-state index contributed by atoms with van der Waals surface area (Å²) >= 11 is 0. The molecule has 5 rings (SSSR count). The van der Waals surface area contributed by atoms with E-state index in [0.717, 1.165) is 37.7 Å². The van der Waals surface area contributed by atoms with Crippen LogP contribution < -0.4 is 10.3 Å². The van der Waals surface area contributed by atoms with Crippen molar-refractivity contribution in [1.82, 2.24) is 4.98 Å². The molecule has 6 heteroatoms. The van der Waals surface area contributed by atoms with Gasteiger partial charge in [-0.05, 0) is 42.5 Å². The van der Waals surface area contributed by atoms with E-state index < -0.39 is 11.4 Å². The lowest BCUT2D eigenvalue weighted by Crippen LogP contribution is -2.32. The van der Waals surface area contributed by atoms with Crippen molar-refractivity contribution in [2.75, 3.05) is 18.0 Å². The fraction of sp³-hybridized carbons (Fsp3) is 0.208. The molecule has 0 atom stereocenters. The number of pyridine rings is 1. The summed E-state index contributed by atoms with van der Waals surface area (Å²) in [5.74, 6) is -1.08. The lowest BCUT2D eigenvalue weighted by atomic mass is 9.89. The molecule has 2 aromatic heterocycles. The van der Waals surface area contributed by atoms with Crippen LogP contribution in [0.15, 0.2) is 70.0 Å². The Labute approximate surface area is 172 Å². The topological polar surface area (TPSA) is 83.6 Å². The number of nitrogens with zero attached hydrogens (tertiary/aromatic N) is 2. The minimum Gasteiger partial charge on any atom is -0.475 e. The molecule has 0 spiro atoms. The van der Waals surface area contributed by atoms with E-state index in [9.17, 15) is 14.7 Å². The van der Waals surface area contributed by atoms with Crippen LogP contribution >= 0.6 is 0 Å². The molecule has 0 bridgehead atoms. The van der Waals surface area contributed by atoms with Crippen LogP contribution in [0, 0.1) is 0 Å². The van der Waals surface area contributed by atoms with Crippen molar-refractivity contribution in [2.24, 2.45) is 0 Å². The van der Waals surface area contributed by atoms with Gasteiger partial charge in [0.05, 0.1) is 10.9 Å². The third-order valence-corrected chi connectivity index (χ3v) is 5.88. The molecule has 0 unspecified atom stereocenters. The molecule has 3 heterocycles. The van der Waals surface area contributed by atoms with Gasteiger partial charge in [-0.2, -0.15) is 0 Å². The van der Waals surface area contributed by atoms with Gasteiger partial charge in [-0.15, -0.1) is 0 Å². The Morgan fingerprint density at radius 3 is 2.53 bits per heavy atom. The number of aromatic nitrogens is 1. The fourth-order valence-corrected chi connectivity index (χ4v) is 4.28. The molecule has 0 saturated carbocycles. The fourth-order valence-electron chi connectivity index (χ4n) is 4.28. The second-order valence-corrected chi connectivity index (χ2v) is 7.65. The smallest absolute Gasteiger partial charge is 0.371 e. The van der Waals surface area contributed by atoms with E-state index in [0.29, 0.717) is 16.8 Å². The lowest BCUT2D eigenvalue weighted by molar-refractivity contribution is 0.0663. The molecule has 0 amide bonds.